The first-order chi connectivity index (χ1) is 9.81. The van der Waals surface area contributed by atoms with Crippen LogP contribution < -0.4 is 16.4 Å². The molecule has 1 rings (SSSR count). The van der Waals surface area contributed by atoms with E-state index in [9.17, 15) is 19.2 Å². The number of amides is 4. The van der Waals surface area contributed by atoms with Gasteiger partial charge >= 0.3 is 0 Å². The molecule has 0 saturated carbocycles. The average molecular weight is 334 g/mol. The smallest absolute Gasteiger partial charge is 0.246 e. The highest BCUT2D eigenvalue weighted by Gasteiger charge is 2.46. The zero-order valence-electron chi connectivity index (χ0n) is 11.4. The lowest BCUT2D eigenvalue weighted by atomic mass is 10.3. The van der Waals surface area contributed by atoms with Crippen LogP contribution in [0.5, 0.6) is 0 Å². The fourth-order valence-electron chi connectivity index (χ4n) is 1.71. The molecule has 0 aromatic rings. The normalized spacial score (nSPS) is 19.4. The van der Waals surface area contributed by atoms with Crippen LogP contribution in [0.4, 0.5) is 0 Å². The maximum absolute atomic E-state index is 12.1. The third-order valence-electron chi connectivity index (χ3n) is 2.90. The van der Waals surface area contributed by atoms with Gasteiger partial charge in [0.15, 0.2) is 0 Å². The van der Waals surface area contributed by atoms with E-state index < -0.39 is 29.9 Å². The summed E-state index contributed by atoms with van der Waals surface area (Å²) >= 11 is 7.91. The van der Waals surface area contributed by atoms with Gasteiger partial charge in [-0.1, -0.05) is 0 Å². The largest absolute Gasteiger partial charge is 0.368 e. The second-order valence-electron chi connectivity index (χ2n) is 4.59. The molecule has 1 saturated heterocycles. The van der Waals surface area contributed by atoms with Crippen LogP contribution in [-0.4, -0.2) is 64.7 Å². The molecule has 4 amide bonds. The summed E-state index contributed by atoms with van der Waals surface area (Å²) in [5.74, 6) is -1.70. The van der Waals surface area contributed by atoms with Crippen molar-refractivity contribution in [2.24, 2.45) is 5.73 Å². The highest BCUT2D eigenvalue weighted by atomic mass is 32.1. The Morgan fingerprint density at radius 1 is 1.19 bits per heavy atom. The van der Waals surface area contributed by atoms with E-state index in [4.69, 9.17) is 5.73 Å². The number of hydrogen-bond donors (Lipinski definition) is 5. The van der Waals surface area contributed by atoms with Gasteiger partial charge in [0.05, 0.1) is 6.54 Å². The summed E-state index contributed by atoms with van der Waals surface area (Å²) in [5, 5.41) is 4.88. The highest BCUT2D eigenvalue weighted by Crippen LogP contribution is 2.19. The van der Waals surface area contributed by atoms with Crippen LogP contribution in [0.1, 0.15) is 6.92 Å². The Kier molecular flexibility index (Phi) is 6.34. The number of thiol groups is 2. The van der Waals surface area contributed by atoms with Gasteiger partial charge < -0.3 is 21.3 Å². The summed E-state index contributed by atoms with van der Waals surface area (Å²) in [4.78, 5) is 47.2. The molecule has 0 radical (unpaired) electrons. The molecule has 3 atom stereocenters. The molecule has 0 bridgehead atoms. The monoisotopic (exact) mass is 334 g/mol. The minimum atomic E-state index is -0.880. The van der Waals surface area contributed by atoms with E-state index in [1.54, 1.807) is 0 Å². The van der Waals surface area contributed by atoms with Crippen LogP contribution in [-0.2, 0) is 19.2 Å². The molecule has 118 valence electrons. The van der Waals surface area contributed by atoms with E-state index in [-0.39, 0.29) is 29.9 Å². The maximum Gasteiger partial charge on any atom is 0.246 e. The molecular weight excluding hydrogens is 316 g/mol. The van der Waals surface area contributed by atoms with Crippen molar-refractivity contribution in [3.63, 3.8) is 0 Å². The number of nitrogens with one attached hydrogen (secondary N) is 2. The van der Waals surface area contributed by atoms with Crippen molar-refractivity contribution in [1.29, 1.82) is 0 Å². The number of rotatable bonds is 7. The predicted molar refractivity (Wildman–Crippen MR) is 81.9 cm³/mol. The zero-order chi connectivity index (χ0) is 16.2. The second kappa shape index (κ2) is 7.55. The maximum atomic E-state index is 12.1. The van der Waals surface area contributed by atoms with Gasteiger partial charge in [0.1, 0.15) is 18.1 Å². The Labute approximate surface area is 133 Å². The van der Waals surface area contributed by atoms with Crippen LogP contribution in [0.15, 0.2) is 0 Å². The molecule has 1 aliphatic heterocycles. The van der Waals surface area contributed by atoms with Gasteiger partial charge in [-0.3, -0.25) is 19.2 Å². The number of nitrogens with zero attached hydrogens (tertiary/aromatic N) is 1. The molecule has 8 nitrogen and oxygen atoms in total. The Hall–Kier alpha value is -1.42. The molecule has 1 aliphatic rings. The summed E-state index contributed by atoms with van der Waals surface area (Å²) in [7, 11) is 0. The van der Waals surface area contributed by atoms with Gasteiger partial charge in [-0.05, 0) is 0 Å². The van der Waals surface area contributed by atoms with E-state index >= 15 is 0 Å². The Morgan fingerprint density at radius 2 is 1.76 bits per heavy atom. The van der Waals surface area contributed by atoms with Gasteiger partial charge in [0.25, 0.3) is 0 Å². The first-order valence-corrected chi connectivity index (χ1v) is 7.47. The van der Waals surface area contributed by atoms with Crippen molar-refractivity contribution in [2.75, 3.05) is 18.1 Å². The number of hydrogen-bond acceptors (Lipinski definition) is 6. The summed E-state index contributed by atoms with van der Waals surface area (Å²) in [6.45, 7) is 1.52. The van der Waals surface area contributed by atoms with Crippen LogP contribution in [0.3, 0.4) is 0 Å². The summed E-state index contributed by atoms with van der Waals surface area (Å²) < 4.78 is 0. The Balaban J connectivity index is 2.55. The van der Waals surface area contributed by atoms with E-state index in [2.05, 4.69) is 35.9 Å². The van der Waals surface area contributed by atoms with Gasteiger partial charge in [0, 0.05) is 18.4 Å². The molecule has 0 spiro atoms. The third kappa shape index (κ3) is 4.81. The van der Waals surface area contributed by atoms with E-state index in [1.807, 2.05) is 0 Å². The fraction of sp³-hybridized carbons (Fsp3) is 0.636. The SMILES string of the molecule is CC(=O)NC(CS)C(=O)N1CC1C(=O)NC(CS)C(N)=O. The van der Waals surface area contributed by atoms with Crippen molar-refractivity contribution in [1.82, 2.24) is 15.5 Å². The Bertz CT molecular complexity index is 460. The predicted octanol–water partition coefficient (Wildman–Crippen LogP) is -2.47. The average Bonchev–Trinajstić information content (AvgIpc) is 3.20. The van der Waals surface area contributed by atoms with Crippen molar-refractivity contribution in [3.8, 4) is 0 Å². The topological polar surface area (TPSA) is 121 Å². The minimum Gasteiger partial charge on any atom is -0.368 e. The lowest BCUT2D eigenvalue weighted by Gasteiger charge is -2.16. The lowest BCUT2D eigenvalue weighted by molar-refractivity contribution is -0.133. The number of primary amides is 1. The summed E-state index contributed by atoms with van der Waals surface area (Å²) in [6, 6.07) is -2.31. The molecule has 0 aromatic carbocycles. The molecule has 0 aromatic heterocycles. The first-order valence-electron chi connectivity index (χ1n) is 6.20. The van der Waals surface area contributed by atoms with Crippen LogP contribution >= 0.6 is 25.3 Å². The van der Waals surface area contributed by atoms with Crippen molar-refractivity contribution in [3.05, 3.63) is 0 Å². The number of carbonyl (C=O) groups is 4. The van der Waals surface area contributed by atoms with E-state index in [1.165, 1.54) is 11.8 Å². The Morgan fingerprint density at radius 3 is 2.19 bits per heavy atom. The zero-order valence-corrected chi connectivity index (χ0v) is 13.2. The molecule has 4 N–H and O–H groups in total. The number of nitrogens with two attached hydrogens (primary N) is 1. The van der Waals surface area contributed by atoms with E-state index in [0.717, 1.165) is 0 Å². The summed E-state index contributed by atoms with van der Waals surface area (Å²) in [5.41, 5.74) is 5.09. The second-order valence-corrected chi connectivity index (χ2v) is 5.32. The molecule has 0 aliphatic carbocycles. The highest BCUT2D eigenvalue weighted by molar-refractivity contribution is 7.80. The van der Waals surface area contributed by atoms with Crippen LogP contribution in [0.2, 0.25) is 0 Å². The van der Waals surface area contributed by atoms with Crippen LogP contribution in [0, 0.1) is 0 Å². The minimum absolute atomic E-state index is 0.0763. The third-order valence-corrected chi connectivity index (χ3v) is 3.63. The molecule has 10 heteroatoms. The quantitative estimate of drug-likeness (QED) is 0.262. The fourth-order valence-corrected chi connectivity index (χ4v) is 2.23. The lowest BCUT2D eigenvalue weighted by Crippen LogP contribution is -2.49. The van der Waals surface area contributed by atoms with Gasteiger partial charge in [-0.15, -0.1) is 0 Å². The molecule has 1 fully saturated rings. The van der Waals surface area contributed by atoms with E-state index in [0.29, 0.717) is 0 Å². The standard InChI is InChI=1S/C11H18N4O4S2/c1-5(16)13-7(4-21)11(19)15-2-8(15)10(18)14-6(3-20)9(12)17/h6-8,20-21H,2-4H2,1H3,(H2,12,17)(H,13,16)(H,14,18). The molecular formula is C11H18N4O4S2. The molecule has 21 heavy (non-hydrogen) atoms. The van der Waals surface area contributed by atoms with Crippen molar-refractivity contribution in [2.45, 2.75) is 25.0 Å². The van der Waals surface area contributed by atoms with Crippen LogP contribution in [0.25, 0.3) is 0 Å². The molecule has 3 unspecified atom stereocenters. The van der Waals surface area contributed by atoms with Gasteiger partial charge in [-0.2, -0.15) is 25.3 Å². The molecule has 1 heterocycles. The van der Waals surface area contributed by atoms with Crippen molar-refractivity contribution >= 4 is 48.9 Å². The number of carbonyl (C=O) groups excluding carboxylic acids is 4. The summed E-state index contributed by atoms with van der Waals surface area (Å²) in [6.07, 6.45) is 0. The first kappa shape index (κ1) is 17.6. The van der Waals surface area contributed by atoms with Gasteiger partial charge in [-0.25, -0.2) is 0 Å². The van der Waals surface area contributed by atoms with Crippen molar-refractivity contribution < 1.29 is 19.2 Å². The van der Waals surface area contributed by atoms with Gasteiger partial charge in [0.2, 0.25) is 23.6 Å².